The lowest BCUT2D eigenvalue weighted by atomic mass is 9.90. The van der Waals surface area contributed by atoms with Crippen molar-refractivity contribution in [2.24, 2.45) is 11.7 Å². The second-order valence-corrected chi connectivity index (χ2v) is 4.30. The molecule has 16 heavy (non-hydrogen) atoms. The van der Waals surface area contributed by atoms with Crippen molar-refractivity contribution in [1.29, 1.82) is 0 Å². The number of benzene rings is 1. The summed E-state index contributed by atoms with van der Waals surface area (Å²) in [7, 11) is 0. The fraction of sp³-hybridized carbons (Fsp3) is 0.500. The topological polar surface area (TPSA) is 43.1 Å². The van der Waals surface area contributed by atoms with Gasteiger partial charge in [-0.3, -0.25) is 4.79 Å². The molecule has 88 valence electrons. The minimum Gasteiger partial charge on any atom is -0.323 e. The van der Waals surface area contributed by atoms with Gasteiger partial charge in [-0.15, -0.1) is 0 Å². The molecule has 2 unspecified atom stereocenters. The SMILES string of the molecule is CCCCC(=O)C(C)C(N)c1ccccc1. The van der Waals surface area contributed by atoms with Crippen LogP contribution in [0.15, 0.2) is 30.3 Å². The fourth-order valence-electron chi connectivity index (χ4n) is 1.74. The average Bonchev–Trinajstić information content (AvgIpc) is 2.35. The van der Waals surface area contributed by atoms with Crippen molar-refractivity contribution in [1.82, 2.24) is 0 Å². The van der Waals surface area contributed by atoms with E-state index in [2.05, 4.69) is 6.92 Å². The Kier molecular flexibility index (Phi) is 5.20. The monoisotopic (exact) mass is 219 g/mol. The van der Waals surface area contributed by atoms with Crippen molar-refractivity contribution in [2.45, 2.75) is 39.2 Å². The van der Waals surface area contributed by atoms with Crippen LogP contribution in [0.25, 0.3) is 0 Å². The Morgan fingerprint density at radius 1 is 1.31 bits per heavy atom. The molecule has 0 spiro atoms. The lowest BCUT2D eigenvalue weighted by Crippen LogP contribution is -2.25. The summed E-state index contributed by atoms with van der Waals surface area (Å²) in [6.45, 7) is 4.02. The third kappa shape index (κ3) is 3.46. The minimum absolute atomic E-state index is 0.0889. The van der Waals surface area contributed by atoms with E-state index in [0.29, 0.717) is 6.42 Å². The van der Waals surface area contributed by atoms with Crippen LogP contribution in [0.4, 0.5) is 0 Å². The van der Waals surface area contributed by atoms with E-state index in [1.165, 1.54) is 0 Å². The van der Waals surface area contributed by atoms with Gasteiger partial charge in [-0.05, 0) is 12.0 Å². The second-order valence-electron chi connectivity index (χ2n) is 4.30. The summed E-state index contributed by atoms with van der Waals surface area (Å²) >= 11 is 0. The highest BCUT2D eigenvalue weighted by Crippen LogP contribution is 2.21. The van der Waals surface area contributed by atoms with Crippen molar-refractivity contribution in [3.8, 4) is 0 Å². The van der Waals surface area contributed by atoms with E-state index in [1.807, 2.05) is 37.3 Å². The Balaban J connectivity index is 2.60. The van der Waals surface area contributed by atoms with Crippen LogP contribution in [0, 0.1) is 5.92 Å². The molecule has 0 radical (unpaired) electrons. The molecular formula is C14H21NO. The minimum atomic E-state index is -0.175. The Bertz CT molecular complexity index is 321. The Labute approximate surface area is 97.9 Å². The first-order chi connectivity index (χ1) is 7.66. The van der Waals surface area contributed by atoms with Crippen molar-refractivity contribution in [2.75, 3.05) is 0 Å². The van der Waals surface area contributed by atoms with Gasteiger partial charge >= 0.3 is 0 Å². The molecule has 0 aromatic heterocycles. The molecule has 1 aromatic rings. The molecule has 1 aromatic carbocycles. The maximum Gasteiger partial charge on any atom is 0.137 e. The van der Waals surface area contributed by atoms with Gasteiger partial charge in [0.15, 0.2) is 0 Å². The fourth-order valence-corrected chi connectivity index (χ4v) is 1.74. The summed E-state index contributed by atoms with van der Waals surface area (Å²) in [4.78, 5) is 11.8. The van der Waals surface area contributed by atoms with Gasteiger partial charge in [-0.25, -0.2) is 0 Å². The molecule has 2 atom stereocenters. The van der Waals surface area contributed by atoms with Gasteiger partial charge in [-0.1, -0.05) is 50.6 Å². The zero-order valence-electron chi connectivity index (χ0n) is 10.1. The van der Waals surface area contributed by atoms with Crippen LogP contribution >= 0.6 is 0 Å². The molecule has 0 aliphatic rings. The molecule has 0 fully saturated rings. The first kappa shape index (κ1) is 12.9. The number of unbranched alkanes of at least 4 members (excludes halogenated alkanes) is 1. The zero-order valence-corrected chi connectivity index (χ0v) is 10.1. The summed E-state index contributed by atoms with van der Waals surface area (Å²) in [5.74, 6) is 0.187. The van der Waals surface area contributed by atoms with Gasteiger partial charge in [-0.2, -0.15) is 0 Å². The lowest BCUT2D eigenvalue weighted by Gasteiger charge is -2.19. The van der Waals surface area contributed by atoms with Gasteiger partial charge in [0.05, 0.1) is 0 Å². The van der Waals surface area contributed by atoms with E-state index in [0.717, 1.165) is 18.4 Å². The van der Waals surface area contributed by atoms with Crippen LogP contribution in [-0.2, 0) is 4.79 Å². The molecule has 2 heteroatoms. The average molecular weight is 219 g/mol. The van der Waals surface area contributed by atoms with Crippen molar-refractivity contribution >= 4 is 5.78 Å². The van der Waals surface area contributed by atoms with Gasteiger partial charge in [0.1, 0.15) is 5.78 Å². The first-order valence-electron chi connectivity index (χ1n) is 6.00. The summed E-state index contributed by atoms with van der Waals surface area (Å²) in [5.41, 5.74) is 7.13. The molecule has 0 aliphatic carbocycles. The third-order valence-electron chi connectivity index (χ3n) is 3.01. The van der Waals surface area contributed by atoms with Gasteiger partial charge in [0.2, 0.25) is 0 Å². The van der Waals surface area contributed by atoms with E-state index in [4.69, 9.17) is 5.73 Å². The number of hydrogen-bond donors (Lipinski definition) is 1. The van der Waals surface area contributed by atoms with Gasteiger partial charge in [0.25, 0.3) is 0 Å². The molecular weight excluding hydrogens is 198 g/mol. The van der Waals surface area contributed by atoms with Crippen LogP contribution < -0.4 is 5.73 Å². The Morgan fingerprint density at radius 3 is 2.50 bits per heavy atom. The molecule has 0 saturated carbocycles. The highest BCUT2D eigenvalue weighted by atomic mass is 16.1. The summed E-state index contributed by atoms with van der Waals surface area (Å²) in [6.07, 6.45) is 2.67. The van der Waals surface area contributed by atoms with E-state index < -0.39 is 0 Å². The number of Topliss-reactive ketones (excluding diaryl/α,β-unsaturated/α-hetero) is 1. The van der Waals surface area contributed by atoms with Gasteiger partial charge < -0.3 is 5.73 Å². The number of rotatable bonds is 6. The second kappa shape index (κ2) is 6.44. The van der Waals surface area contributed by atoms with Crippen LogP contribution in [0.3, 0.4) is 0 Å². The summed E-state index contributed by atoms with van der Waals surface area (Å²) in [5, 5.41) is 0. The maximum atomic E-state index is 11.8. The molecule has 0 aliphatic heterocycles. The Morgan fingerprint density at radius 2 is 1.94 bits per heavy atom. The highest BCUT2D eigenvalue weighted by molar-refractivity contribution is 5.81. The van der Waals surface area contributed by atoms with Crippen molar-refractivity contribution < 1.29 is 4.79 Å². The van der Waals surface area contributed by atoms with Gasteiger partial charge in [0, 0.05) is 18.4 Å². The first-order valence-corrected chi connectivity index (χ1v) is 6.00. The van der Waals surface area contributed by atoms with Crippen molar-refractivity contribution in [3.63, 3.8) is 0 Å². The lowest BCUT2D eigenvalue weighted by molar-refractivity contribution is -0.123. The van der Waals surface area contributed by atoms with Crippen LogP contribution in [0.5, 0.6) is 0 Å². The summed E-state index contributed by atoms with van der Waals surface area (Å²) < 4.78 is 0. The molecule has 0 amide bonds. The highest BCUT2D eigenvalue weighted by Gasteiger charge is 2.20. The zero-order chi connectivity index (χ0) is 12.0. The molecule has 0 saturated heterocycles. The molecule has 2 nitrogen and oxygen atoms in total. The Hall–Kier alpha value is -1.15. The van der Waals surface area contributed by atoms with Crippen LogP contribution in [0.2, 0.25) is 0 Å². The van der Waals surface area contributed by atoms with Crippen LogP contribution in [0.1, 0.15) is 44.7 Å². The molecule has 1 rings (SSSR count). The molecule has 0 heterocycles. The smallest absolute Gasteiger partial charge is 0.137 e. The largest absolute Gasteiger partial charge is 0.323 e. The number of hydrogen-bond acceptors (Lipinski definition) is 2. The molecule has 0 bridgehead atoms. The normalized spacial score (nSPS) is 14.4. The third-order valence-corrected chi connectivity index (χ3v) is 3.01. The van der Waals surface area contributed by atoms with E-state index in [9.17, 15) is 4.79 Å². The predicted octanol–water partition coefficient (Wildman–Crippen LogP) is 3.08. The predicted molar refractivity (Wildman–Crippen MR) is 67.1 cm³/mol. The van der Waals surface area contributed by atoms with Crippen molar-refractivity contribution in [3.05, 3.63) is 35.9 Å². The maximum absolute atomic E-state index is 11.8. The van der Waals surface area contributed by atoms with Crippen LogP contribution in [-0.4, -0.2) is 5.78 Å². The number of nitrogens with two attached hydrogens (primary N) is 1. The number of carbonyl (C=O) groups is 1. The van der Waals surface area contributed by atoms with E-state index in [1.54, 1.807) is 0 Å². The molecule has 2 N–H and O–H groups in total. The van der Waals surface area contributed by atoms with E-state index in [-0.39, 0.29) is 17.7 Å². The number of carbonyl (C=O) groups excluding carboxylic acids is 1. The summed E-state index contributed by atoms with van der Waals surface area (Å²) in [6, 6.07) is 9.66. The standard InChI is InChI=1S/C14H21NO/c1-3-4-10-13(16)11(2)14(15)12-8-6-5-7-9-12/h5-9,11,14H,3-4,10,15H2,1-2H3. The number of ketones is 1. The van der Waals surface area contributed by atoms with E-state index >= 15 is 0 Å². The quantitative estimate of drug-likeness (QED) is 0.799.